The fourth-order valence-corrected chi connectivity index (χ4v) is 4.56. The fourth-order valence-electron chi connectivity index (χ4n) is 4.56. The third kappa shape index (κ3) is 2.64. The Bertz CT molecular complexity index is 692. The summed E-state index contributed by atoms with van der Waals surface area (Å²) in [5, 5.41) is 11.5. The molecule has 2 atom stereocenters. The molecule has 1 saturated carbocycles. The van der Waals surface area contributed by atoms with Gasteiger partial charge in [0.15, 0.2) is 0 Å². The summed E-state index contributed by atoms with van der Waals surface area (Å²) in [6.45, 7) is 2.19. The first kappa shape index (κ1) is 15.7. The average molecular weight is 326 g/mol. The lowest BCUT2D eigenvalue weighted by molar-refractivity contribution is -0.151. The van der Waals surface area contributed by atoms with Crippen LogP contribution < -0.4 is 0 Å². The van der Waals surface area contributed by atoms with E-state index in [0.29, 0.717) is 6.54 Å². The molecule has 2 aliphatic rings. The lowest BCUT2D eigenvalue weighted by Gasteiger charge is -2.52. The Balaban J connectivity index is 1.58. The number of pyridine rings is 1. The van der Waals surface area contributed by atoms with E-state index in [2.05, 4.69) is 9.88 Å². The monoisotopic (exact) mass is 326 g/mol. The van der Waals surface area contributed by atoms with Gasteiger partial charge in [-0.3, -0.25) is 9.88 Å². The number of benzene rings is 1. The van der Waals surface area contributed by atoms with Gasteiger partial charge in [-0.05, 0) is 31.0 Å². The Kier molecular flexibility index (Phi) is 4.10. The van der Waals surface area contributed by atoms with Gasteiger partial charge < -0.3 is 5.11 Å². The second-order valence-electron chi connectivity index (χ2n) is 7.15. The number of piperidine rings is 1. The van der Waals surface area contributed by atoms with E-state index in [1.165, 1.54) is 6.07 Å². The van der Waals surface area contributed by atoms with Gasteiger partial charge in [-0.1, -0.05) is 30.7 Å². The van der Waals surface area contributed by atoms with Crippen LogP contribution >= 0.6 is 0 Å². The van der Waals surface area contributed by atoms with Crippen molar-refractivity contribution in [3.63, 3.8) is 0 Å². The lowest BCUT2D eigenvalue weighted by atomic mass is 9.64. The topological polar surface area (TPSA) is 36.4 Å². The molecule has 1 aliphatic heterocycles. The van der Waals surface area contributed by atoms with Crippen molar-refractivity contribution in [2.24, 2.45) is 11.8 Å². The molecule has 2 bridgehead atoms. The first-order valence-corrected chi connectivity index (χ1v) is 8.77. The number of likely N-dealkylation sites (tertiary alicyclic amines) is 1. The molecule has 0 spiro atoms. The summed E-state index contributed by atoms with van der Waals surface area (Å²) < 4.78 is 14.0. The molecule has 2 aromatic rings. The number of aromatic nitrogens is 1. The van der Waals surface area contributed by atoms with E-state index in [1.807, 2.05) is 30.3 Å². The molecule has 0 amide bonds. The van der Waals surface area contributed by atoms with E-state index in [0.717, 1.165) is 43.6 Å². The molecule has 0 radical (unpaired) electrons. The molecule has 24 heavy (non-hydrogen) atoms. The predicted molar refractivity (Wildman–Crippen MR) is 90.6 cm³/mol. The summed E-state index contributed by atoms with van der Waals surface area (Å²) in [5.74, 6) is 0.173. The predicted octanol–water partition coefficient (Wildman–Crippen LogP) is 3.34. The van der Waals surface area contributed by atoms with Crippen LogP contribution in [-0.2, 0) is 12.1 Å². The Hall–Kier alpha value is -1.78. The van der Waals surface area contributed by atoms with Gasteiger partial charge in [0.1, 0.15) is 11.4 Å². The molecule has 4 heteroatoms. The number of hydrogen-bond acceptors (Lipinski definition) is 3. The quantitative estimate of drug-likeness (QED) is 0.940. The normalized spacial score (nSPS) is 30.2. The lowest BCUT2D eigenvalue weighted by Crippen LogP contribution is -2.58. The SMILES string of the molecule is OC1(c2ccccn2)C2CCCC1CN(Cc1ccccc1F)C2. The molecule has 1 aromatic heterocycles. The molecule has 2 fully saturated rings. The smallest absolute Gasteiger partial charge is 0.127 e. The van der Waals surface area contributed by atoms with Gasteiger partial charge in [0.2, 0.25) is 0 Å². The maximum Gasteiger partial charge on any atom is 0.127 e. The van der Waals surface area contributed by atoms with Crippen LogP contribution in [0, 0.1) is 17.7 Å². The Morgan fingerprint density at radius 2 is 1.79 bits per heavy atom. The van der Waals surface area contributed by atoms with Gasteiger partial charge in [-0.15, -0.1) is 0 Å². The molecular weight excluding hydrogens is 303 g/mol. The molecule has 1 saturated heterocycles. The molecule has 1 N–H and O–H groups in total. The maximum absolute atomic E-state index is 14.0. The zero-order valence-electron chi connectivity index (χ0n) is 13.7. The minimum Gasteiger partial charge on any atom is -0.383 e. The van der Waals surface area contributed by atoms with Gasteiger partial charge >= 0.3 is 0 Å². The molecule has 1 aliphatic carbocycles. The third-order valence-corrected chi connectivity index (χ3v) is 5.73. The van der Waals surface area contributed by atoms with Crippen molar-refractivity contribution < 1.29 is 9.50 Å². The highest BCUT2D eigenvalue weighted by Crippen LogP contribution is 2.48. The van der Waals surface area contributed by atoms with Crippen LogP contribution in [0.3, 0.4) is 0 Å². The van der Waals surface area contributed by atoms with E-state index < -0.39 is 5.60 Å². The van der Waals surface area contributed by atoms with E-state index in [4.69, 9.17) is 0 Å². The molecule has 126 valence electrons. The van der Waals surface area contributed by atoms with E-state index in [9.17, 15) is 9.50 Å². The zero-order chi connectivity index (χ0) is 16.6. The van der Waals surface area contributed by atoms with Crippen molar-refractivity contribution >= 4 is 0 Å². The Morgan fingerprint density at radius 3 is 2.46 bits per heavy atom. The summed E-state index contributed by atoms with van der Waals surface area (Å²) in [4.78, 5) is 6.75. The molecular formula is C20H23FN2O. The highest BCUT2D eigenvalue weighted by Gasteiger charge is 2.52. The van der Waals surface area contributed by atoms with Gasteiger partial charge in [-0.25, -0.2) is 4.39 Å². The first-order valence-electron chi connectivity index (χ1n) is 8.77. The number of rotatable bonds is 3. The van der Waals surface area contributed by atoms with Crippen LogP contribution in [0.2, 0.25) is 0 Å². The molecule has 1 aromatic carbocycles. The summed E-state index contributed by atoms with van der Waals surface area (Å²) in [5.41, 5.74) is 0.690. The fraction of sp³-hybridized carbons (Fsp3) is 0.450. The third-order valence-electron chi connectivity index (χ3n) is 5.73. The summed E-state index contributed by atoms with van der Waals surface area (Å²) >= 11 is 0. The van der Waals surface area contributed by atoms with Gasteiger partial charge in [0, 0.05) is 43.2 Å². The van der Waals surface area contributed by atoms with Crippen molar-refractivity contribution in [2.45, 2.75) is 31.4 Å². The highest BCUT2D eigenvalue weighted by molar-refractivity contribution is 5.21. The van der Waals surface area contributed by atoms with Crippen molar-refractivity contribution in [1.82, 2.24) is 9.88 Å². The van der Waals surface area contributed by atoms with Crippen LogP contribution in [0.4, 0.5) is 4.39 Å². The van der Waals surface area contributed by atoms with E-state index in [-0.39, 0.29) is 17.7 Å². The van der Waals surface area contributed by atoms with Crippen LogP contribution in [0.1, 0.15) is 30.5 Å². The molecule has 2 unspecified atom stereocenters. The standard InChI is InChI=1S/C20H23FN2O/c21-18-9-2-1-6-15(18)12-23-13-16-7-5-8-17(14-23)20(16,24)19-10-3-4-11-22-19/h1-4,6,9-11,16-17,24H,5,7-8,12-14H2. The maximum atomic E-state index is 14.0. The van der Waals surface area contributed by atoms with Crippen LogP contribution in [0.15, 0.2) is 48.7 Å². The highest BCUT2D eigenvalue weighted by atomic mass is 19.1. The number of hydrogen-bond donors (Lipinski definition) is 1. The minimum absolute atomic E-state index is 0.145. The summed E-state index contributed by atoms with van der Waals surface area (Å²) in [6, 6.07) is 12.8. The van der Waals surface area contributed by atoms with E-state index >= 15 is 0 Å². The van der Waals surface area contributed by atoms with Gasteiger partial charge in [0.05, 0.1) is 5.69 Å². The molecule has 4 rings (SSSR count). The minimum atomic E-state index is -0.842. The Morgan fingerprint density at radius 1 is 1.08 bits per heavy atom. The molecule has 3 nitrogen and oxygen atoms in total. The second kappa shape index (κ2) is 6.26. The largest absolute Gasteiger partial charge is 0.383 e. The van der Waals surface area contributed by atoms with Gasteiger partial charge in [0.25, 0.3) is 0 Å². The Labute approximate surface area is 142 Å². The molecule has 2 heterocycles. The first-order chi connectivity index (χ1) is 11.7. The summed E-state index contributed by atoms with van der Waals surface area (Å²) in [7, 11) is 0. The van der Waals surface area contributed by atoms with Crippen molar-refractivity contribution in [1.29, 1.82) is 0 Å². The van der Waals surface area contributed by atoms with Crippen molar-refractivity contribution in [3.05, 3.63) is 65.7 Å². The van der Waals surface area contributed by atoms with Gasteiger partial charge in [-0.2, -0.15) is 0 Å². The van der Waals surface area contributed by atoms with Crippen LogP contribution in [-0.4, -0.2) is 28.1 Å². The number of halogens is 1. The van der Waals surface area contributed by atoms with Crippen molar-refractivity contribution in [2.75, 3.05) is 13.1 Å². The van der Waals surface area contributed by atoms with Crippen molar-refractivity contribution in [3.8, 4) is 0 Å². The average Bonchev–Trinajstić information content (AvgIpc) is 2.59. The van der Waals surface area contributed by atoms with E-state index in [1.54, 1.807) is 12.3 Å². The summed E-state index contributed by atoms with van der Waals surface area (Å²) in [6.07, 6.45) is 4.90. The zero-order valence-corrected chi connectivity index (χ0v) is 13.7. The van der Waals surface area contributed by atoms with Crippen LogP contribution in [0.5, 0.6) is 0 Å². The number of aliphatic hydroxyl groups is 1. The number of fused-ring (bicyclic) bond motifs is 2. The van der Waals surface area contributed by atoms with Crippen LogP contribution in [0.25, 0.3) is 0 Å². The second-order valence-corrected chi connectivity index (χ2v) is 7.15. The number of nitrogens with zero attached hydrogens (tertiary/aromatic N) is 2.